The van der Waals surface area contributed by atoms with Gasteiger partial charge in [-0.3, -0.25) is 5.10 Å². The first-order chi connectivity index (χ1) is 13.4. The predicted molar refractivity (Wildman–Crippen MR) is 104 cm³/mol. The Kier molecular flexibility index (Phi) is 4.04. The summed E-state index contributed by atoms with van der Waals surface area (Å²) in [5.74, 6) is 1.35. The zero-order valence-corrected chi connectivity index (χ0v) is 15.0. The molecule has 7 heteroatoms. The standard InChI is InChI=1S/C20H21N7/c1-2-5-14(6-3-1)9-16-10-25-26-17(16)15-7-4-8-27(11-15)20-18-19(22-12-21-18)23-13-24-20/h1-3,5-6,10,12-13,15H,4,7-9,11H2,(H,25,26)(H,21,22,23,24)/t15-/m0/s1. The number of nitrogens with zero attached hydrogens (tertiary/aromatic N) is 5. The maximum Gasteiger partial charge on any atom is 0.182 e. The van der Waals surface area contributed by atoms with Crippen LogP contribution in [0.2, 0.25) is 0 Å². The predicted octanol–water partition coefficient (Wildman–Crippen LogP) is 3.05. The molecule has 4 heterocycles. The van der Waals surface area contributed by atoms with E-state index in [-0.39, 0.29) is 0 Å². The molecule has 1 atom stereocenters. The Morgan fingerprint density at radius 2 is 2.04 bits per heavy atom. The van der Waals surface area contributed by atoms with Crippen LogP contribution < -0.4 is 4.90 Å². The number of imidazole rings is 1. The number of hydrogen-bond donors (Lipinski definition) is 2. The van der Waals surface area contributed by atoms with Crippen molar-refractivity contribution < 1.29 is 0 Å². The number of anilines is 1. The molecular weight excluding hydrogens is 338 g/mol. The van der Waals surface area contributed by atoms with Crippen LogP contribution in [-0.2, 0) is 6.42 Å². The highest BCUT2D eigenvalue weighted by Crippen LogP contribution is 2.32. The molecule has 0 unspecified atom stereocenters. The maximum absolute atomic E-state index is 4.53. The van der Waals surface area contributed by atoms with E-state index in [1.807, 2.05) is 6.20 Å². The van der Waals surface area contributed by atoms with E-state index in [2.05, 4.69) is 65.4 Å². The Balaban J connectivity index is 1.41. The lowest BCUT2D eigenvalue weighted by molar-refractivity contribution is 0.496. The molecule has 27 heavy (non-hydrogen) atoms. The molecule has 0 radical (unpaired) electrons. The van der Waals surface area contributed by atoms with Crippen molar-refractivity contribution in [2.75, 3.05) is 18.0 Å². The van der Waals surface area contributed by atoms with E-state index < -0.39 is 0 Å². The van der Waals surface area contributed by atoms with Gasteiger partial charge in [-0.05, 0) is 24.0 Å². The number of fused-ring (bicyclic) bond motifs is 1. The second-order valence-electron chi connectivity index (χ2n) is 7.05. The van der Waals surface area contributed by atoms with E-state index in [1.54, 1.807) is 12.7 Å². The third-order valence-electron chi connectivity index (χ3n) is 5.32. The normalized spacial score (nSPS) is 17.5. The van der Waals surface area contributed by atoms with Crippen LogP contribution in [0.15, 0.2) is 49.2 Å². The molecule has 2 N–H and O–H groups in total. The molecule has 1 fully saturated rings. The summed E-state index contributed by atoms with van der Waals surface area (Å²) in [6, 6.07) is 10.6. The van der Waals surface area contributed by atoms with Gasteiger partial charge in [0.25, 0.3) is 0 Å². The van der Waals surface area contributed by atoms with Crippen molar-refractivity contribution in [2.45, 2.75) is 25.2 Å². The summed E-state index contributed by atoms with van der Waals surface area (Å²) in [6.45, 7) is 1.90. The van der Waals surface area contributed by atoms with Gasteiger partial charge in [-0.15, -0.1) is 0 Å². The van der Waals surface area contributed by atoms with Gasteiger partial charge in [-0.25, -0.2) is 15.0 Å². The number of aromatic nitrogens is 6. The third kappa shape index (κ3) is 3.05. The maximum atomic E-state index is 4.53. The SMILES string of the molecule is c1ccc(Cc2cn[nH]c2[C@H]2CCCN(c3ncnc4nc[nH]c34)C2)cc1. The second-order valence-corrected chi connectivity index (χ2v) is 7.05. The summed E-state index contributed by atoms with van der Waals surface area (Å²) < 4.78 is 0. The summed E-state index contributed by atoms with van der Waals surface area (Å²) in [4.78, 5) is 18.5. The summed E-state index contributed by atoms with van der Waals surface area (Å²) in [5.41, 5.74) is 5.46. The molecule has 0 bridgehead atoms. The summed E-state index contributed by atoms with van der Waals surface area (Å²) >= 11 is 0. The van der Waals surface area contributed by atoms with Gasteiger partial charge < -0.3 is 9.88 Å². The van der Waals surface area contributed by atoms with Gasteiger partial charge in [0.2, 0.25) is 0 Å². The van der Waals surface area contributed by atoms with Crippen LogP contribution in [0.5, 0.6) is 0 Å². The summed E-state index contributed by atoms with van der Waals surface area (Å²) in [6.07, 6.45) is 8.42. The lowest BCUT2D eigenvalue weighted by Crippen LogP contribution is -2.35. The zero-order valence-electron chi connectivity index (χ0n) is 15.0. The first-order valence-electron chi connectivity index (χ1n) is 9.33. The molecule has 1 aliphatic heterocycles. The molecule has 7 nitrogen and oxygen atoms in total. The molecule has 5 rings (SSSR count). The van der Waals surface area contributed by atoms with E-state index in [0.29, 0.717) is 11.6 Å². The van der Waals surface area contributed by atoms with Crippen molar-refractivity contribution in [1.29, 1.82) is 0 Å². The van der Waals surface area contributed by atoms with Crippen molar-refractivity contribution in [3.8, 4) is 0 Å². The number of hydrogen-bond acceptors (Lipinski definition) is 5. The summed E-state index contributed by atoms with van der Waals surface area (Å²) in [7, 11) is 0. The fourth-order valence-corrected chi connectivity index (χ4v) is 4.03. The lowest BCUT2D eigenvalue weighted by atomic mass is 9.91. The molecule has 0 aliphatic carbocycles. The lowest BCUT2D eigenvalue weighted by Gasteiger charge is -2.33. The van der Waals surface area contributed by atoms with Gasteiger partial charge in [0.05, 0.1) is 12.5 Å². The zero-order chi connectivity index (χ0) is 18.1. The van der Waals surface area contributed by atoms with E-state index in [4.69, 9.17) is 0 Å². The molecule has 0 amide bonds. The second kappa shape index (κ2) is 6.83. The molecule has 0 saturated carbocycles. The number of aromatic amines is 2. The van der Waals surface area contributed by atoms with Gasteiger partial charge >= 0.3 is 0 Å². The van der Waals surface area contributed by atoms with Gasteiger partial charge in [-0.1, -0.05) is 30.3 Å². The molecule has 1 aliphatic rings. The summed E-state index contributed by atoms with van der Waals surface area (Å²) in [5, 5.41) is 7.62. The third-order valence-corrected chi connectivity index (χ3v) is 5.32. The van der Waals surface area contributed by atoms with Crippen LogP contribution >= 0.6 is 0 Å². The molecule has 136 valence electrons. The Morgan fingerprint density at radius 3 is 2.96 bits per heavy atom. The Labute approximate surface area is 156 Å². The molecule has 1 saturated heterocycles. The topological polar surface area (TPSA) is 86.4 Å². The number of rotatable bonds is 4. The van der Waals surface area contributed by atoms with E-state index in [9.17, 15) is 0 Å². The number of piperidine rings is 1. The van der Waals surface area contributed by atoms with Crippen LogP contribution in [-0.4, -0.2) is 43.2 Å². The van der Waals surface area contributed by atoms with E-state index in [0.717, 1.165) is 43.7 Å². The van der Waals surface area contributed by atoms with E-state index >= 15 is 0 Å². The minimum Gasteiger partial charge on any atom is -0.354 e. The quantitative estimate of drug-likeness (QED) is 0.585. The number of nitrogens with one attached hydrogen (secondary N) is 2. The first kappa shape index (κ1) is 16.0. The van der Waals surface area contributed by atoms with Gasteiger partial charge in [0, 0.05) is 31.1 Å². The average Bonchev–Trinajstić information content (AvgIpc) is 3.38. The molecule has 0 spiro atoms. The highest BCUT2D eigenvalue weighted by molar-refractivity contribution is 5.82. The highest BCUT2D eigenvalue weighted by atomic mass is 15.2. The molecule has 1 aromatic carbocycles. The Hall–Kier alpha value is -3.22. The van der Waals surface area contributed by atoms with Crippen LogP contribution in [0, 0.1) is 0 Å². The Morgan fingerprint density at radius 1 is 1.11 bits per heavy atom. The average molecular weight is 359 g/mol. The largest absolute Gasteiger partial charge is 0.354 e. The van der Waals surface area contributed by atoms with Crippen LogP contribution in [0.25, 0.3) is 11.2 Å². The smallest absolute Gasteiger partial charge is 0.182 e. The first-order valence-corrected chi connectivity index (χ1v) is 9.33. The van der Waals surface area contributed by atoms with Gasteiger partial charge in [0.15, 0.2) is 11.5 Å². The van der Waals surface area contributed by atoms with Crippen molar-refractivity contribution >= 4 is 17.0 Å². The minimum atomic E-state index is 0.410. The van der Waals surface area contributed by atoms with Crippen molar-refractivity contribution in [3.63, 3.8) is 0 Å². The van der Waals surface area contributed by atoms with Crippen molar-refractivity contribution in [3.05, 3.63) is 66.0 Å². The van der Waals surface area contributed by atoms with Crippen LogP contribution in [0.4, 0.5) is 5.82 Å². The number of benzene rings is 1. The van der Waals surface area contributed by atoms with Gasteiger partial charge in [0.1, 0.15) is 11.8 Å². The molecular formula is C20H21N7. The van der Waals surface area contributed by atoms with E-state index in [1.165, 1.54) is 16.8 Å². The molecule has 4 aromatic rings. The van der Waals surface area contributed by atoms with Crippen molar-refractivity contribution in [1.82, 2.24) is 30.1 Å². The molecule has 3 aromatic heterocycles. The monoisotopic (exact) mass is 359 g/mol. The Bertz CT molecular complexity index is 1040. The number of H-pyrrole nitrogens is 2. The fourth-order valence-electron chi connectivity index (χ4n) is 4.03. The van der Waals surface area contributed by atoms with Crippen molar-refractivity contribution in [2.24, 2.45) is 0 Å². The highest BCUT2D eigenvalue weighted by Gasteiger charge is 2.26. The van der Waals surface area contributed by atoms with Gasteiger partial charge in [-0.2, -0.15) is 5.10 Å². The fraction of sp³-hybridized carbons (Fsp3) is 0.300. The minimum absolute atomic E-state index is 0.410. The van der Waals surface area contributed by atoms with Crippen LogP contribution in [0.1, 0.15) is 35.6 Å². The van der Waals surface area contributed by atoms with Crippen LogP contribution in [0.3, 0.4) is 0 Å².